The van der Waals surface area contributed by atoms with E-state index in [0.717, 1.165) is 5.75 Å². The Kier molecular flexibility index (Phi) is 5.89. The first-order valence-corrected chi connectivity index (χ1v) is 8.83. The second kappa shape index (κ2) is 7.68. The van der Waals surface area contributed by atoms with Crippen LogP contribution >= 0.6 is 11.8 Å². The molecule has 0 spiro atoms. The molecule has 0 aliphatic carbocycles. The molecule has 1 aliphatic rings. The maximum Gasteiger partial charge on any atom is 0.232 e. The standard InChI is InChI=1S/C17H24N2O2S/c1-12-7-13(2)9-14(8-12)10-22-11-16(20)19-5-3-15(4-6-19)17(18)21/h7-9,15H,3-6,10-11H2,1-2H3,(H2,18,21). The highest BCUT2D eigenvalue weighted by atomic mass is 32.2. The molecule has 1 aromatic rings. The van der Waals surface area contributed by atoms with E-state index in [1.54, 1.807) is 11.8 Å². The van der Waals surface area contributed by atoms with Gasteiger partial charge in [-0.1, -0.05) is 29.3 Å². The fraction of sp³-hybridized carbons (Fsp3) is 0.529. The number of rotatable bonds is 5. The van der Waals surface area contributed by atoms with Gasteiger partial charge in [0.15, 0.2) is 0 Å². The first-order valence-electron chi connectivity index (χ1n) is 7.67. The van der Waals surface area contributed by atoms with E-state index in [1.165, 1.54) is 16.7 Å². The summed E-state index contributed by atoms with van der Waals surface area (Å²) in [5, 5.41) is 0. The third-order valence-corrected chi connectivity index (χ3v) is 5.01. The summed E-state index contributed by atoms with van der Waals surface area (Å²) in [4.78, 5) is 25.2. The molecule has 1 aliphatic heterocycles. The van der Waals surface area contributed by atoms with Gasteiger partial charge in [0.2, 0.25) is 11.8 Å². The Morgan fingerprint density at radius 2 is 1.77 bits per heavy atom. The van der Waals surface area contributed by atoms with Gasteiger partial charge in [-0.25, -0.2) is 0 Å². The van der Waals surface area contributed by atoms with E-state index in [1.807, 2.05) is 4.90 Å². The maximum atomic E-state index is 12.2. The molecule has 1 saturated heterocycles. The Labute approximate surface area is 136 Å². The summed E-state index contributed by atoms with van der Waals surface area (Å²) in [5.74, 6) is 1.21. The molecule has 2 N–H and O–H groups in total. The van der Waals surface area contributed by atoms with E-state index in [2.05, 4.69) is 32.0 Å². The van der Waals surface area contributed by atoms with Crippen LogP contribution in [0.25, 0.3) is 0 Å². The molecule has 2 amide bonds. The second-order valence-electron chi connectivity index (χ2n) is 6.05. The van der Waals surface area contributed by atoms with Gasteiger partial charge in [0, 0.05) is 24.8 Å². The van der Waals surface area contributed by atoms with E-state index in [-0.39, 0.29) is 17.7 Å². The van der Waals surface area contributed by atoms with Crippen molar-refractivity contribution in [2.45, 2.75) is 32.4 Å². The van der Waals surface area contributed by atoms with Crippen LogP contribution in [0.3, 0.4) is 0 Å². The average molecular weight is 320 g/mol. The lowest BCUT2D eigenvalue weighted by Gasteiger charge is -2.30. The van der Waals surface area contributed by atoms with Gasteiger partial charge < -0.3 is 10.6 Å². The summed E-state index contributed by atoms with van der Waals surface area (Å²) in [7, 11) is 0. The molecule has 1 fully saturated rings. The van der Waals surface area contributed by atoms with Gasteiger partial charge in [0.05, 0.1) is 5.75 Å². The van der Waals surface area contributed by atoms with E-state index >= 15 is 0 Å². The van der Waals surface area contributed by atoms with Crippen LogP contribution in [-0.2, 0) is 15.3 Å². The number of primary amides is 1. The van der Waals surface area contributed by atoms with Crippen LogP contribution in [0.5, 0.6) is 0 Å². The minimum atomic E-state index is -0.240. The predicted octanol–water partition coefficient (Wildman–Crippen LogP) is 2.26. The molecule has 1 heterocycles. The van der Waals surface area contributed by atoms with Crippen LogP contribution in [-0.4, -0.2) is 35.6 Å². The summed E-state index contributed by atoms with van der Waals surface area (Å²) in [6.07, 6.45) is 1.39. The van der Waals surface area contributed by atoms with Crippen molar-refractivity contribution in [1.29, 1.82) is 0 Å². The zero-order valence-electron chi connectivity index (χ0n) is 13.3. The van der Waals surface area contributed by atoms with E-state index in [4.69, 9.17) is 5.73 Å². The van der Waals surface area contributed by atoms with Crippen LogP contribution in [0, 0.1) is 19.8 Å². The lowest BCUT2D eigenvalue weighted by atomic mass is 9.96. The highest BCUT2D eigenvalue weighted by molar-refractivity contribution is 7.99. The number of aryl methyl sites for hydroxylation is 2. The van der Waals surface area contributed by atoms with E-state index < -0.39 is 0 Å². The molecule has 0 bridgehead atoms. The van der Waals surface area contributed by atoms with Gasteiger partial charge in [-0.3, -0.25) is 9.59 Å². The smallest absolute Gasteiger partial charge is 0.232 e. The third-order valence-electron chi connectivity index (χ3n) is 4.03. The molecular weight excluding hydrogens is 296 g/mol. The Bertz CT molecular complexity index is 531. The summed E-state index contributed by atoms with van der Waals surface area (Å²) in [6.45, 7) is 5.48. The Balaban J connectivity index is 1.75. The number of nitrogens with zero attached hydrogens (tertiary/aromatic N) is 1. The van der Waals surface area contributed by atoms with Crippen molar-refractivity contribution in [3.63, 3.8) is 0 Å². The molecule has 5 heteroatoms. The quantitative estimate of drug-likeness (QED) is 0.905. The summed E-state index contributed by atoms with van der Waals surface area (Å²) in [5.41, 5.74) is 9.10. The molecule has 120 valence electrons. The van der Waals surface area contributed by atoms with Gasteiger partial charge in [0.1, 0.15) is 0 Å². The fourth-order valence-corrected chi connectivity index (χ4v) is 3.77. The van der Waals surface area contributed by atoms with Crippen molar-refractivity contribution in [3.8, 4) is 0 Å². The van der Waals surface area contributed by atoms with Gasteiger partial charge in [0.25, 0.3) is 0 Å². The van der Waals surface area contributed by atoms with Crippen molar-refractivity contribution < 1.29 is 9.59 Å². The average Bonchev–Trinajstić information content (AvgIpc) is 2.46. The Morgan fingerprint density at radius 1 is 1.18 bits per heavy atom. The number of thioether (sulfide) groups is 1. The number of carbonyl (C=O) groups excluding carboxylic acids is 2. The number of nitrogens with two attached hydrogens (primary N) is 1. The second-order valence-corrected chi connectivity index (χ2v) is 7.03. The number of benzene rings is 1. The van der Waals surface area contributed by atoms with Crippen molar-refractivity contribution in [2.75, 3.05) is 18.8 Å². The normalized spacial score (nSPS) is 15.8. The molecule has 0 unspecified atom stereocenters. The summed E-state index contributed by atoms with van der Waals surface area (Å²) >= 11 is 1.65. The van der Waals surface area contributed by atoms with Gasteiger partial charge in [-0.05, 0) is 32.3 Å². The maximum absolute atomic E-state index is 12.2. The molecule has 0 saturated carbocycles. The number of hydrogen-bond donors (Lipinski definition) is 1. The summed E-state index contributed by atoms with van der Waals surface area (Å²) in [6, 6.07) is 6.49. The number of piperidine rings is 1. The highest BCUT2D eigenvalue weighted by Crippen LogP contribution is 2.19. The number of likely N-dealkylation sites (tertiary alicyclic amines) is 1. The van der Waals surface area contributed by atoms with Crippen LogP contribution < -0.4 is 5.73 Å². The van der Waals surface area contributed by atoms with Crippen molar-refractivity contribution in [1.82, 2.24) is 4.90 Å². The molecule has 1 aromatic carbocycles. The predicted molar refractivity (Wildman–Crippen MR) is 90.6 cm³/mol. The first kappa shape index (κ1) is 16.9. The van der Waals surface area contributed by atoms with E-state index in [9.17, 15) is 9.59 Å². The first-order chi connectivity index (χ1) is 10.5. The zero-order valence-corrected chi connectivity index (χ0v) is 14.1. The van der Waals surface area contributed by atoms with Gasteiger partial charge >= 0.3 is 0 Å². The van der Waals surface area contributed by atoms with Crippen molar-refractivity contribution in [3.05, 3.63) is 34.9 Å². The van der Waals surface area contributed by atoms with E-state index in [0.29, 0.717) is 31.7 Å². The summed E-state index contributed by atoms with van der Waals surface area (Å²) < 4.78 is 0. The fourth-order valence-electron chi connectivity index (χ4n) is 2.91. The van der Waals surface area contributed by atoms with Crippen molar-refractivity contribution >= 4 is 23.6 Å². The number of hydrogen-bond acceptors (Lipinski definition) is 3. The van der Waals surface area contributed by atoms with Crippen LogP contribution in [0.15, 0.2) is 18.2 Å². The Morgan fingerprint density at radius 3 is 2.32 bits per heavy atom. The minimum Gasteiger partial charge on any atom is -0.369 e. The monoisotopic (exact) mass is 320 g/mol. The molecule has 2 rings (SSSR count). The molecule has 0 aromatic heterocycles. The lowest BCUT2D eigenvalue weighted by molar-refractivity contribution is -0.132. The topological polar surface area (TPSA) is 63.4 Å². The van der Waals surface area contributed by atoms with Crippen LogP contribution in [0.2, 0.25) is 0 Å². The van der Waals surface area contributed by atoms with Gasteiger partial charge in [-0.15, -0.1) is 11.8 Å². The number of carbonyl (C=O) groups is 2. The van der Waals surface area contributed by atoms with Gasteiger partial charge in [-0.2, -0.15) is 0 Å². The lowest BCUT2D eigenvalue weighted by Crippen LogP contribution is -2.42. The SMILES string of the molecule is Cc1cc(C)cc(CSCC(=O)N2CCC(C(N)=O)CC2)c1. The molecule has 22 heavy (non-hydrogen) atoms. The Hall–Kier alpha value is -1.49. The van der Waals surface area contributed by atoms with Crippen LogP contribution in [0.1, 0.15) is 29.5 Å². The molecule has 0 radical (unpaired) electrons. The van der Waals surface area contributed by atoms with Crippen molar-refractivity contribution in [2.24, 2.45) is 11.7 Å². The molecule has 4 nitrogen and oxygen atoms in total. The zero-order chi connectivity index (χ0) is 16.1. The largest absolute Gasteiger partial charge is 0.369 e. The highest BCUT2D eigenvalue weighted by Gasteiger charge is 2.25. The number of amides is 2. The van der Waals surface area contributed by atoms with Crippen LogP contribution in [0.4, 0.5) is 0 Å². The minimum absolute atomic E-state index is 0.0630. The third kappa shape index (κ3) is 4.77. The molecule has 0 atom stereocenters. The molecular formula is C17H24N2O2S.